The average molecular weight is 200 g/mol. The molecule has 0 aliphatic carbocycles. The Labute approximate surface area is 87.8 Å². The van der Waals surface area contributed by atoms with E-state index in [-0.39, 0.29) is 0 Å². The lowest BCUT2D eigenvalue weighted by Gasteiger charge is -2.35. The van der Waals surface area contributed by atoms with Gasteiger partial charge >= 0.3 is 0 Å². The largest absolute Gasteiger partial charge is 0.373 e. The van der Waals surface area contributed by atoms with Crippen LogP contribution in [0.4, 0.5) is 0 Å². The molecule has 1 aliphatic rings. The number of unbranched alkanes of at least 4 members (excludes halogenated alkanes) is 1. The normalized spacial score (nSPS) is 29.4. The summed E-state index contributed by atoms with van der Waals surface area (Å²) in [5.41, 5.74) is 0. The molecule has 14 heavy (non-hydrogen) atoms. The summed E-state index contributed by atoms with van der Waals surface area (Å²) in [6.07, 6.45) is 3.38. The van der Waals surface area contributed by atoms with Crippen molar-refractivity contribution >= 4 is 0 Å². The van der Waals surface area contributed by atoms with E-state index in [1.54, 1.807) is 0 Å². The second-order valence-corrected chi connectivity index (χ2v) is 4.33. The van der Waals surface area contributed by atoms with E-state index in [9.17, 15) is 0 Å². The molecule has 0 aromatic carbocycles. The van der Waals surface area contributed by atoms with E-state index >= 15 is 0 Å². The minimum atomic E-state index is 0.406. The third kappa shape index (κ3) is 4.40. The summed E-state index contributed by atoms with van der Waals surface area (Å²) >= 11 is 0. The summed E-state index contributed by atoms with van der Waals surface area (Å²) in [5, 5.41) is 3.18. The van der Waals surface area contributed by atoms with Crippen molar-refractivity contribution in [2.45, 2.75) is 38.9 Å². The lowest BCUT2D eigenvalue weighted by molar-refractivity contribution is -0.0681. The Morgan fingerprint density at radius 3 is 2.43 bits per heavy atom. The van der Waals surface area contributed by atoms with Crippen molar-refractivity contribution in [1.82, 2.24) is 10.2 Å². The fourth-order valence-corrected chi connectivity index (χ4v) is 2.10. The summed E-state index contributed by atoms with van der Waals surface area (Å²) in [6.45, 7) is 8.88. The Morgan fingerprint density at radius 1 is 1.21 bits per heavy atom. The zero-order chi connectivity index (χ0) is 10.4. The molecule has 0 spiro atoms. The van der Waals surface area contributed by atoms with Crippen molar-refractivity contribution in [1.29, 1.82) is 0 Å². The third-order valence-corrected chi connectivity index (χ3v) is 2.65. The highest BCUT2D eigenvalue weighted by Crippen LogP contribution is 2.10. The van der Waals surface area contributed by atoms with Crippen molar-refractivity contribution in [2.75, 3.05) is 33.2 Å². The zero-order valence-electron chi connectivity index (χ0n) is 9.75. The molecule has 1 fully saturated rings. The van der Waals surface area contributed by atoms with Crippen molar-refractivity contribution in [3.63, 3.8) is 0 Å². The lowest BCUT2D eigenvalue weighted by Crippen LogP contribution is -2.45. The number of hydrogen-bond acceptors (Lipinski definition) is 3. The molecule has 1 aliphatic heterocycles. The number of nitrogens with zero attached hydrogens (tertiary/aromatic N) is 1. The summed E-state index contributed by atoms with van der Waals surface area (Å²) in [5.74, 6) is 0. The SMILES string of the molecule is CNCCCCN1CC(C)OC(C)C1. The van der Waals surface area contributed by atoms with Crippen LogP contribution in [0.5, 0.6) is 0 Å². The van der Waals surface area contributed by atoms with E-state index in [0.29, 0.717) is 12.2 Å². The quantitative estimate of drug-likeness (QED) is 0.673. The first-order chi connectivity index (χ1) is 6.72. The Bertz CT molecular complexity index is 142. The van der Waals surface area contributed by atoms with Gasteiger partial charge in [-0.25, -0.2) is 0 Å². The van der Waals surface area contributed by atoms with Crippen LogP contribution in [0.25, 0.3) is 0 Å². The van der Waals surface area contributed by atoms with E-state index in [1.807, 2.05) is 7.05 Å². The van der Waals surface area contributed by atoms with Gasteiger partial charge in [0.05, 0.1) is 12.2 Å². The first kappa shape index (κ1) is 12.0. The number of nitrogens with one attached hydrogen (secondary N) is 1. The maximum atomic E-state index is 5.69. The predicted molar refractivity (Wildman–Crippen MR) is 59.6 cm³/mol. The summed E-state index contributed by atoms with van der Waals surface area (Å²) in [4.78, 5) is 2.52. The highest BCUT2D eigenvalue weighted by Gasteiger charge is 2.21. The molecule has 2 unspecified atom stereocenters. The van der Waals surface area contributed by atoms with Crippen LogP contribution in [0.15, 0.2) is 0 Å². The summed E-state index contributed by atoms with van der Waals surface area (Å²) < 4.78 is 5.69. The van der Waals surface area contributed by atoms with Crippen LogP contribution < -0.4 is 5.32 Å². The van der Waals surface area contributed by atoms with Gasteiger partial charge in [-0.05, 0) is 46.8 Å². The first-order valence-electron chi connectivity index (χ1n) is 5.74. The smallest absolute Gasteiger partial charge is 0.0678 e. The molecule has 3 heteroatoms. The van der Waals surface area contributed by atoms with Crippen LogP contribution in [0.3, 0.4) is 0 Å². The monoisotopic (exact) mass is 200 g/mol. The van der Waals surface area contributed by atoms with Gasteiger partial charge in [0.25, 0.3) is 0 Å². The molecule has 0 aromatic rings. The van der Waals surface area contributed by atoms with Gasteiger partial charge in [0.15, 0.2) is 0 Å². The van der Waals surface area contributed by atoms with Gasteiger partial charge in [0, 0.05) is 13.1 Å². The molecule has 0 saturated carbocycles. The van der Waals surface area contributed by atoms with Crippen molar-refractivity contribution < 1.29 is 4.74 Å². The topological polar surface area (TPSA) is 24.5 Å². The van der Waals surface area contributed by atoms with E-state index < -0.39 is 0 Å². The van der Waals surface area contributed by atoms with Gasteiger partial charge in [-0.2, -0.15) is 0 Å². The summed E-state index contributed by atoms with van der Waals surface area (Å²) in [6, 6.07) is 0. The van der Waals surface area contributed by atoms with Crippen molar-refractivity contribution in [3.8, 4) is 0 Å². The van der Waals surface area contributed by atoms with E-state index in [2.05, 4.69) is 24.1 Å². The molecule has 1 N–H and O–H groups in total. The molecule has 84 valence electrons. The molecule has 1 heterocycles. The van der Waals surface area contributed by atoms with Gasteiger partial charge in [0.2, 0.25) is 0 Å². The van der Waals surface area contributed by atoms with Gasteiger partial charge in [0.1, 0.15) is 0 Å². The zero-order valence-corrected chi connectivity index (χ0v) is 9.75. The highest BCUT2D eigenvalue weighted by atomic mass is 16.5. The van der Waals surface area contributed by atoms with E-state index in [1.165, 1.54) is 19.4 Å². The fraction of sp³-hybridized carbons (Fsp3) is 1.00. The van der Waals surface area contributed by atoms with Crippen molar-refractivity contribution in [2.24, 2.45) is 0 Å². The van der Waals surface area contributed by atoms with E-state index in [4.69, 9.17) is 4.74 Å². The number of ether oxygens (including phenoxy) is 1. The number of morpholine rings is 1. The molecule has 3 nitrogen and oxygen atoms in total. The third-order valence-electron chi connectivity index (χ3n) is 2.65. The standard InChI is InChI=1S/C11H24N2O/c1-10-8-13(9-11(2)14-10)7-5-4-6-12-3/h10-12H,4-9H2,1-3H3. The van der Waals surface area contributed by atoms with Crippen LogP contribution >= 0.6 is 0 Å². The Kier molecular flexibility index (Phi) is 5.45. The minimum Gasteiger partial charge on any atom is -0.373 e. The predicted octanol–water partition coefficient (Wildman–Crippen LogP) is 1.10. The minimum absolute atomic E-state index is 0.406. The van der Waals surface area contributed by atoms with E-state index in [0.717, 1.165) is 19.6 Å². The molecular weight excluding hydrogens is 176 g/mol. The van der Waals surface area contributed by atoms with Crippen LogP contribution in [0, 0.1) is 0 Å². The fourth-order valence-electron chi connectivity index (χ4n) is 2.10. The Morgan fingerprint density at radius 2 is 1.86 bits per heavy atom. The molecule has 1 saturated heterocycles. The van der Waals surface area contributed by atoms with Crippen LogP contribution in [0.2, 0.25) is 0 Å². The maximum Gasteiger partial charge on any atom is 0.0678 e. The maximum absolute atomic E-state index is 5.69. The van der Waals surface area contributed by atoms with Gasteiger partial charge in [-0.15, -0.1) is 0 Å². The second kappa shape index (κ2) is 6.38. The van der Waals surface area contributed by atoms with Gasteiger partial charge < -0.3 is 10.1 Å². The van der Waals surface area contributed by atoms with Gasteiger partial charge in [-0.3, -0.25) is 4.90 Å². The molecule has 0 bridgehead atoms. The molecular formula is C11H24N2O. The van der Waals surface area contributed by atoms with Crippen LogP contribution in [0.1, 0.15) is 26.7 Å². The lowest BCUT2D eigenvalue weighted by atomic mass is 10.2. The number of rotatable bonds is 5. The Hall–Kier alpha value is -0.120. The van der Waals surface area contributed by atoms with Crippen LogP contribution in [-0.4, -0.2) is 50.3 Å². The van der Waals surface area contributed by atoms with Gasteiger partial charge in [-0.1, -0.05) is 0 Å². The molecule has 0 radical (unpaired) electrons. The molecule has 2 atom stereocenters. The average Bonchev–Trinajstić information content (AvgIpc) is 2.11. The van der Waals surface area contributed by atoms with Crippen LogP contribution in [-0.2, 0) is 4.74 Å². The highest BCUT2D eigenvalue weighted by molar-refractivity contribution is 4.72. The second-order valence-electron chi connectivity index (χ2n) is 4.33. The Balaban J connectivity index is 2.10. The molecule has 0 amide bonds. The number of hydrogen-bond donors (Lipinski definition) is 1. The first-order valence-corrected chi connectivity index (χ1v) is 5.74. The molecule has 1 rings (SSSR count). The summed E-state index contributed by atoms with van der Waals surface area (Å²) in [7, 11) is 2.01. The molecule has 0 aromatic heterocycles. The van der Waals surface area contributed by atoms with Crippen molar-refractivity contribution in [3.05, 3.63) is 0 Å².